The Hall–Kier alpha value is -5.79. The van der Waals surface area contributed by atoms with Crippen LogP contribution >= 0.6 is 11.6 Å². The predicted octanol–water partition coefficient (Wildman–Crippen LogP) is 9.51. The first-order chi connectivity index (χ1) is 26.3. The highest BCUT2D eigenvalue weighted by atomic mass is 35.5. The summed E-state index contributed by atoms with van der Waals surface area (Å²) in [5, 5.41) is 0.582. The maximum Gasteiger partial charge on any atom is 0.335 e. The summed E-state index contributed by atoms with van der Waals surface area (Å²) in [4.78, 5) is 26.5. The highest BCUT2D eigenvalue weighted by Crippen LogP contribution is 2.63. The number of hydrogen-bond acceptors (Lipinski definition) is 6. The number of carbonyl (C=O) groups is 2. The lowest BCUT2D eigenvalue weighted by Crippen LogP contribution is -2.59. The van der Waals surface area contributed by atoms with E-state index in [1.807, 2.05) is 78.9 Å². The van der Waals surface area contributed by atoms with Gasteiger partial charge in [-0.25, -0.2) is 4.79 Å². The molecule has 7 heteroatoms. The van der Waals surface area contributed by atoms with Crippen LogP contribution in [0.2, 0.25) is 5.02 Å². The van der Waals surface area contributed by atoms with Crippen molar-refractivity contribution in [2.24, 2.45) is 5.92 Å². The lowest BCUT2D eigenvalue weighted by atomic mass is 9.54. The Morgan fingerprint density at radius 2 is 1.15 bits per heavy atom. The van der Waals surface area contributed by atoms with Gasteiger partial charge in [0.25, 0.3) is 0 Å². The molecule has 0 saturated heterocycles. The Morgan fingerprint density at radius 1 is 0.630 bits per heavy atom. The van der Waals surface area contributed by atoms with Crippen molar-refractivity contribution in [3.8, 4) is 22.6 Å². The minimum absolute atomic E-state index is 0.313. The van der Waals surface area contributed by atoms with Gasteiger partial charge in [0.1, 0.15) is 22.7 Å². The molecule has 266 valence electrons. The summed E-state index contributed by atoms with van der Waals surface area (Å²) in [7, 11) is 3.31. The van der Waals surface area contributed by atoms with E-state index in [0.717, 1.165) is 61.7 Å². The van der Waals surface area contributed by atoms with E-state index < -0.39 is 34.5 Å². The van der Waals surface area contributed by atoms with Crippen molar-refractivity contribution in [1.82, 2.24) is 0 Å². The van der Waals surface area contributed by atoms with E-state index in [0.29, 0.717) is 22.9 Å². The van der Waals surface area contributed by atoms with Crippen molar-refractivity contribution >= 4 is 23.5 Å². The molecule has 4 aliphatic rings. The number of esters is 2. The molecule has 0 heterocycles. The van der Waals surface area contributed by atoms with Crippen LogP contribution in [0.1, 0.15) is 50.9 Å². The fourth-order valence-corrected chi connectivity index (χ4v) is 9.65. The summed E-state index contributed by atoms with van der Waals surface area (Å²) in [6, 6.07) is 45.8. The van der Waals surface area contributed by atoms with Crippen LogP contribution in [0.5, 0.6) is 11.5 Å². The van der Waals surface area contributed by atoms with Gasteiger partial charge in [-0.15, -0.1) is 0 Å². The zero-order chi connectivity index (χ0) is 37.2. The van der Waals surface area contributed by atoms with E-state index in [-0.39, 0.29) is 0 Å². The summed E-state index contributed by atoms with van der Waals surface area (Å²) in [5.41, 5.74) is 7.30. The lowest BCUT2D eigenvalue weighted by molar-refractivity contribution is -0.164. The second kappa shape index (κ2) is 12.7. The summed E-state index contributed by atoms with van der Waals surface area (Å²) >= 11 is 6.54. The van der Waals surface area contributed by atoms with Gasteiger partial charge in [0.15, 0.2) is 0 Å². The zero-order valence-electron chi connectivity index (χ0n) is 29.7. The average Bonchev–Trinajstić information content (AvgIpc) is 3.52. The Labute approximate surface area is 318 Å². The van der Waals surface area contributed by atoms with Crippen LogP contribution in [-0.2, 0) is 35.7 Å². The number of halogens is 1. The smallest absolute Gasteiger partial charge is 0.335 e. The van der Waals surface area contributed by atoms with Crippen molar-refractivity contribution < 1.29 is 28.5 Å². The predicted molar refractivity (Wildman–Crippen MR) is 207 cm³/mol. The summed E-state index contributed by atoms with van der Waals surface area (Å²) < 4.78 is 24.5. The molecule has 3 atom stereocenters. The van der Waals surface area contributed by atoms with E-state index in [9.17, 15) is 9.59 Å². The molecule has 0 aliphatic heterocycles. The molecule has 0 saturated carbocycles. The molecule has 0 aromatic heterocycles. The largest absolute Gasteiger partial charge is 0.426 e. The van der Waals surface area contributed by atoms with Crippen LogP contribution < -0.4 is 9.47 Å². The molecular formula is C47H35ClO6. The van der Waals surface area contributed by atoms with Crippen molar-refractivity contribution in [3.05, 3.63) is 202 Å². The highest BCUT2D eigenvalue weighted by Gasteiger charge is 2.64. The highest BCUT2D eigenvalue weighted by molar-refractivity contribution is 6.30. The first kappa shape index (κ1) is 34.0. The van der Waals surface area contributed by atoms with Gasteiger partial charge in [-0.2, -0.15) is 0 Å². The molecule has 4 aliphatic carbocycles. The Kier molecular flexibility index (Phi) is 7.98. The van der Waals surface area contributed by atoms with Crippen molar-refractivity contribution in [3.63, 3.8) is 0 Å². The first-order valence-electron chi connectivity index (χ1n) is 17.8. The summed E-state index contributed by atoms with van der Waals surface area (Å²) in [6.07, 6.45) is 1.46. The SMILES string of the molecule is C=CC(=O)Oc1ccc(C2(c3ccc(OC(=O)C4CC5(OC)c6ccccc6C4(OC)c4ccc(Cl)cc45)cc3)c3ccccc3-c3ccccc32)cc1. The molecule has 0 N–H and O–H groups in total. The van der Waals surface area contributed by atoms with Gasteiger partial charge in [-0.1, -0.05) is 121 Å². The van der Waals surface area contributed by atoms with Gasteiger partial charge >= 0.3 is 11.9 Å². The molecule has 54 heavy (non-hydrogen) atoms. The van der Waals surface area contributed by atoms with E-state index in [2.05, 4.69) is 55.1 Å². The summed E-state index contributed by atoms with van der Waals surface area (Å²) in [5.74, 6) is -0.827. The number of methoxy groups -OCH3 is 2. The van der Waals surface area contributed by atoms with E-state index in [4.69, 9.17) is 30.5 Å². The van der Waals surface area contributed by atoms with E-state index in [1.54, 1.807) is 26.4 Å². The number of benzene rings is 6. The van der Waals surface area contributed by atoms with Crippen LogP contribution in [-0.4, -0.2) is 26.2 Å². The third kappa shape index (κ3) is 4.61. The molecule has 0 spiro atoms. The molecule has 0 fully saturated rings. The van der Waals surface area contributed by atoms with Gasteiger partial charge < -0.3 is 18.9 Å². The minimum Gasteiger partial charge on any atom is -0.426 e. The van der Waals surface area contributed by atoms with Crippen molar-refractivity contribution in [2.45, 2.75) is 23.0 Å². The molecule has 0 amide bonds. The molecule has 6 nitrogen and oxygen atoms in total. The third-order valence-electron chi connectivity index (χ3n) is 11.6. The molecule has 6 aromatic carbocycles. The van der Waals surface area contributed by atoms with Crippen LogP contribution in [0.3, 0.4) is 0 Å². The summed E-state index contributed by atoms with van der Waals surface area (Å²) in [6.45, 7) is 3.51. The third-order valence-corrected chi connectivity index (χ3v) is 11.9. The Morgan fingerprint density at radius 3 is 1.70 bits per heavy atom. The molecule has 6 aromatic rings. The van der Waals surface area contributed by atoms with Crippen LogP contribution in [0, 0.1) is 5.92 Å². The number of fused-ring (bicyclic) bond motifs is 4. The van der Waals surface area contributed by atoms with E-state index in [1.165, 1.54) is 0 Å². The van der Waals surface area contributed by atoms with Crippen LogP contribution in [0.4, 0.5) is 0 Å². The molecule has 3 unspecified atom stereocenters. The van der Waals surface area contributed by atoms with Gasteiger partial charge in [0.2, 0.25) is 0 Å². The van der Waals surface area contributed by atoms with E-state index >= 15 is 0 Å². The Balaban J connectivity index is 1.12. The van der Waals surface area contributed by atoms with Gasteiger partial charge in [0.05, 0.1) is 11.3 Å². The standard InChI is InChI=1S/C47H35ClO6/c1-4-43(49)53-32-22-17-29(18-23-32)46(36-13-7-5-11-34(36)35-12-6-8-14-37(35)46)30-19-24-33(25-20-30)54-44(50)42-28-45(51-2)38-15-9-10-16-39(38)47(42,52-3)40-26-21-31(48)27-41(40)45/h4-27,42H,1,28H2,2-3H3. The lowest BCUT2D eigenvalue weighted by Gasteiger charge is -2.56. The number of ether oxygens (including phenoxy) is 4. The number of carbonyl (C=O) groups excluding carboxylic acids is 2. The van der Waals surface area contributed by atoms with Gasteiger partial charge in [-0.05, 0) is 92.0 Å². The number of hydrogen-bond donors (Lipinski definition) is 0. The Bertz CT molecular complexity index is 2440. The fraction of sp³-hybridized carbons (Fsp3) is 0.149. The fourth-order valence-electron chi connectivity index (χ4n) is 9.48. The maximum atomic E-state index is 14.5. The normalized spacial score (nSPS) is 20.9. The van der Waals surface area contributed by atoms with Crippen LogP contribution in [0.25, 0.3) is 11.1 Å². The van der Waals surface area contributed by atoms with Gasteiger partial charge in [0, 0.05) is 31.7 Å². The van der Waals surface area contributed by atoms with Gasteiger partial charge in [-0.3, -0.25) is 4.79 Å². The van der Waals surface area contributed by atoms with Crippen molar-refractivity contribution in [1.29, 1.82) is 0 Å². The first-order valence-corrected chi connectivity index (χ1v) is 18.2. The second-order valence-electron chi connectivity index (χ2n) is 13.9. The molecule has 2 bridgehead atoms. The average molecular weight is 731 g/mol. The monoisotopic (exact) mass is 730 g/mol. The quantitative estimate of drug-likeness (QED) is 0.0882. The molecular weight excluding hydrogens is 696 g/mol. The second-order valence-corrected chi connectivity index (χ2v) is 14.3. The maximum absolute atomic E-state index is 14.5. The topological polar surface area (TPSA) is 71.1 Å². The minimum atomic E-state index is -1.11. The number of rotatable bonds is 8. The zero-order valence-corrected chi connectivity index (χ0v) is 30.4. The molecule has 10 rings (SSSR count). The van der Waals surface area contributed by atoms with Crippen molar-refractivity contribution in [2.75, 3.05) is 14.2 Å². The van der Waals surface area contributed by atoms with Crippen LogP contribution in [0.15, 0.2) is 152 Å². The molecule has 0 radical (unpaired) electrons.